The van der Waals surface area contributed by atoms with E-state index in [1.165, 1.54) is 11.3 Å². The first kappa shape index (κ1) is 19.9. The quantitative estimate of drug-likeness (QED) is 0.566. The molecule has 1 saturated heterocycles. The fraction of sp³-hybridized carbons (Fsp3) is 0.316. The van der Waals surface area contributed by atoms with Crippen LogP contribution in [0.1, 0.15) is 25.9 Å². The highest BCUT2D eigenvalue weighted by Crippen LogP contribution is 2.30. The molecule has 0 aliphatic carbocycles. The van der Waals surface area contributed by atoms with E-state index < -0.39 is 5.91 Å². The van der Waals surface area contributed by atoms with Crippen molar-refractivity contribution in [3.63, 3.8) is 0 Å². The van der Waals surface area contributed by atoms with Crippen LogP contribution in [-0.4, -0.2) is 47.7 Å². The molecule has 1 aromatic carbocycles. The van der Waals surface area contributed by atoms with Gasteiger partial charge in [-0.3, -0.25) is 20.4 Å². The molecule has 0 saturated carbocycles. The Labute approximate surface area is 179 Å². The SMILES string of the molecule is Cc1nc(N2CCOCC2)sc1C(=O)NNC(=O)c1c(Br)c2ccccc2n1C. The highest BCUT2D eigenvalue weighted by molar-refractivity contribution is 9.10. The second-order valence-electron chi connectivity index (χ2n) is 6.66. The summed E-state index contributed by atoms with van der Waals surface area (Å²) in [5.41, 5.74) is 7.01. The molecule has 2 N–H and O–H groups in total. The molecule has 0 atom stereocenters. The number of nitrogens with zero attached hydrogens (tertiary/aromatic N) is 3. The first-order valence-corrected chi connectivity index (χ1v) is 10.7. The van der Waals surface area contributed by atoms with E-state index in [4.69, 9.17) is 4.74 Å². The molecule has 3 heterocycles. The van der Waals surface area contributed by atoms with E-state index in [-0.39, 0.29) is 5.91 Å². The van der Waals surface area contributed by atoms with Gasteiger partial charge in [0.05, 0.1) is 23.4 Å². The number of hydrogen-bond acceptors (Lipinski definition) is 6. The Hall–Kier alpha value is -2.43. The van der Waals surface area contributed by atoms with Gasteiger partial charge in [0.25, 0.3) is 11.8 Å². The Bertz CT molecular complexity index is 1050. The van der Waals surface area contributed by atoms with Gasteiger partial charge in [-0.05, 0) is 28.9 Å². The number of amides is 2. The first-order valence-electron chi connectivity index (χ1n) is 9.11. The van der Waals surface area contributed by atoms with Gasteiger partial charge in [0.15, 0.2) is 5.13 Å². The number of fused-ring (bicyclic) bond motifs is 1. The number of ether oxygens (including phenoxy) is 1. The molecule has 3 aromatic rings. The maximum absolute atomic E-state index is 12.7. The molecule has 29 heavy (non-hydrogen) atoms. The maximum atomic E-state index is 12.7. The Morgan fingerprint density at radius 2 is 1.86 bits per heavy atom. The van der Waals surface area contributed by atoms with Crippen molar-refractivity contribution in [3.8, 4) is 0 Å². The van der Waals surface area contributed by atoms with E-state index in [1.807, 2.05) is 31.3 Å². The Morgan fingerprint density at radius 1 is 1.17 bits per heavy atom. The summed E-state index contributed by atoms with van der Waals surface area (Å²) in [7, 11) is 1.81. The predicted octanol–water partition coefficient (Wildman–Crippen LogP) is 2.62. The number of morpholine rings is 1. The summed E-state index contributed by atoms with van der Waals surface area (Å²) in [5.74, 6) is -0.790. The van der Waals surface area contributed by atoms with Crippen LogP contribution >= 0.6 is 27.3 Å². The summed E-state index contributed by atoms with van der Waals surface area (Å²) < 4.78 is 7.83. The third kappa shape index (κ3) is 3.75. The molecule has 1 fully saturated rings. The minimum absolute atomic E-state index is 0.386. The van der Waals surface area contributed by atoms with Crippen LogP contribution in [0.3, 0.4) is 0 Å². The van der Waals surface area contributed by atoms with Crippen molar-refractivity contribution in [2.45, 2.75) is 6.92 Å². The number of aromatic nitrogens is 2. The number of hydrazine groups is 1. The lowest BCUT2D eigenvalue weighted by molar-refractivity contribution is 0.0843. The molecular weight excluding hydrogens is 458 g/mol. The number of para-hydroxylation sites is 1. The topological polar surface area (TPSA) is 88.5 Å². The van der Waals surface area contributed by atoms with Crippen LogP contribution in [0.25, 0.3) is 10.9 Å². The zero-order chi connectivity index (χ0) is 20.5. The average Bonchev–Trinajstić information content (AvgIpc) is 3.25. The lowest BCUT2D eigenvalue weighted by atomic mass is 10.2. The van der Waals surface area contributed by atoms with Crippen molar-refractivity contribution in [3.05, 3.63) is 45.0 Å². The van der Waals surface area contributed by atoms with Gasteiger partial charge in [0.1, 0.15) is 10.6 Å². The summed E-state index contributed by atoms with van der Waals surface area (Å²) >= 11 is 4.81. The zero-order valence-corrected chi connectivity index (χ0v) is 18.4. The lowest BCUT2D eigenvalue weighted by Gasteiger charge is -2.25. The van der Waals surface area contributed by atoms with Gasteiger partial charge >= 0.3 is 0 Å². The minimum atomic E-state index is -0.403. The summed E-state index contributed by atoms with van der Waals surface area (Å²) in [6.45, 7) is 4.59. The summed E-state index contributed by atoms with van der Waals surface area (Å²) in [6.07, 6.45) is 0. The molecule has 1 aliphatic heterocycles. The van der Waals surface area contributed by atoms with Gasteiger partial charge in [0, 0.05) is 31.0 Å². The molecule has 1 aliphatic rings. The molecule has 152 valence electrons. The van der Waals surface area contributed by atoms with Crippen LogP contribution in [0.4, 0.5) is 5.13 Å². The number of benzene rings is 1. The van der Waals surface area contributed by atoms with Gasteiger partial charge in [-0.25, -0.2) is 4.98 Å². The molecule has 0 unspecified atom stereocenters. The second kappa shape index (κ2) is 8.13. The fourth-order valence-electron chi connectivity index (χ4n) is 3.31. The molecule has 0 bridgehead atoms. The number of carbonyl (C=O) groups excluding carboxylic acids is 2. The summed E-state index contributed by atoms with van der Waals surface area (Å²) in [5, 5.41) is 1.72. The number of aryl methyl sites for hydroxylation is 2. The molecule has 2 amide bonds. The number of nitrogens with one attached hydrogen (secondary N) is 2. The molecule has 8 nitrogen and oxygen atoms in total. The molecule has 4 rings (SSSR count). The Morgan fingerprint density at radius 3 is 2.59 bits per heavy atom. The van der Waals surface area contributed by atoms with Gasteiger partial charge in [0.2, 0.25) is 0 Å². The van der Waals surface area contributed by atoms with E-state index in [0.29, 0.717) is 34.0 Å². The molecule has 0 radical (unpaired) electrons. The van der Waals surface area contributed by atoms with E-state index >= 15 is 0 Å². The monoisotopic (exact) mass is 477 g/mol. The van der Waals surface area contributed by atoms with Gasteiger partial charge in [-0.15, -0.1) is 0 Å². The third-order valence-electron chi connectivity index (χ3n) is 4.82. The smallest absolute Gasteiger partial charge is 0.287 e. The maximum Gasteiger partial charge on any atom is 0.287 e. The van der Waals surface area contributed by atoms with Gasteiger partial charge in [-0.1, -0.05) is 29.5 Å². The van der Waals surface area contributed by atoms with Crippen LogP contribution in [0.5, 0.6) is 0 Å². The second-order valence-corrected chi connectivity index (χ2v) is 8.43. The van der Waals surface area contributed by atoms with Crippen molar-refractivity contribution in [1.29, 1.82) is 0 Å². The van der Waals surface area contributed by atoms with Crippen LogP contribution in [0.15, 0.2) is 28.7 Å². The average molecular weight is 478 g/mol. The summed E-state index contributed by atoms with van der Waals surface area (Å²) in [4.78, 5) is 32.4. The fourth-order valence-corrected chi connectivity index (χ4v) is 5.11. The number of halogens is 1. The normalized spacial score (nSPS) is 14.2. The number of carbonyl (C=O) groups is 2. The number of hydrogen-bond donors (Lipinski definition) is 2. The van der Waals surface area contributed by atoms with Crippen LogP contribution in [0.2, 0.25) is 0 Å². The van der Waals surface area contributed by atoms with Crippen LogP contribution in [0, 0.1) is 6.92 Å². The first-order chi connectivity index (χ1) is 14.0. The third-order valence-corrected chi connectivity index (χ3v) is 6.84. The minimum Gasteiger partial charge on any atom is -0.378 e. The standard InChI is InChI=1S/C19H20BrN5O3S/c1-11-16(29-19(21-11)25-7-9-28-10-8-25)18(27)23-22-17(26)15-14(20)12-5-3-4-6-13(12)24(15)2/h3-6H,7-10H2,1-2H3,(H,22,26)(H,23,27). The van der Waals surface area contributed by atoms with E-state index in [1.54, 1.807) is 11.5 Å². The summed E-state index contributed by atoms with van der Waals surface area (Å²) in [6, 6.07) is 7.69. The highest BCUT2D eigenvalue weighted by Gasteiger charge is 2.23. The molecule has 0 spiro atoms. The zero-order valence-electron chi connectivity index (χ0n) is 16.0. The van der Waals surface area contributed by atoms with Gasteiger partial charge in [-0.2, -0.15) is 0 Å². The predicted molar refractivity (Wildman–Crippen MR) is 115 cm³/mol. The van der Waals surface area contributed by atoms with Crippen molar-refractivity contribution in [2.24, 2.45) is 7.05 Å². The number of rotatable bonds is 3. The highest BCUT2D eigenvalue weighted by atomic mass is 79.9. The van der Waals surface area contributed by atoms with Crippen molar-refractivity contribution >= 4 is 55.1 Å². The Balaban J connectivity index is 1.48. The van der Waals surface area contributed by atoms with E-state index in [0.717, 1.165) is 29.1 Å². The largest absolute Gasteiger partial charge is 0.378 e. The number of thiazole rings is 1. The van der Waals surface area contributed by atoms with Gasteiger partial charge < -0.3 is 14.2 Å². The van der Waals surface area contributed by atoms with E-state index in [2.05, 4.69) is 36.7 Å². The van der Waals surface area contributed by atoms with Crippen LogP contribution in [-0.2, 0) is 11.8 Å². The molecule has 10 heteroatoms. The van der Waals surface area contributed by atoms with Crippen molar-refractivity contribution in [2.75, 3.05) is 31.2 Å². The van der Waals surface area contributed by atoms with E-state index in [9.17, 15) is 9.59 Å². The Kier molecular flexibility index (Phi) is 5.57. The number of anilines is 1. The van der Waals surface area contributed by atoms with Crippen molar-refractivity contribution in [1.82, 2.24) is 20.4 Å². The van der Waals surface area contributed by atoms with Crippen molar-refractivity contribution < 1.29 is 14.3 Å². The molecular formula is C19H20BrN5O3S. The van der Waals surface area contributed by atoms with Crippen LogP contribution < -0.4 is 15.8 Å². The molecule has 2 aromatic heterocycles. The lowest BCUT2D eigenvalue weighted by Crippen LogP contribution is -2.42.